The van der Waals surface area contributed by atoms with E-state index in [9.17, 15) is 0 Å². The monoisotopic (exact) mass is 328 g/mol. The lowest BCUT2D eigenvalue weighted by Crippen LogP contribution is -2.35. The van der Waals surface area contributed by atoms with Crippen molar-refractivity contribution in [2.75, 3.05) is 13.1 Å². The first-order chi connectivity index (χ1) is 8.70. The molecule has 0 aliphatic carbocycles. The topological polar surface area (TPSA) is 15.3 Å². The molecule has 2 nitrogen and oxygen atoms in total. The van der Waals surface area contributed by atoms with E-state index in [-0.39, 0.29) is 0 Å². The van der Waals surface area contributed by atoms with E-state index in [2.05, 4.69) is 32.2 Å². The number of hydrogen-bond donors (Lipinski definition) is 1. The summed E-state index contributed by atoms with van der Waals surface area (Å²) in [7, 11) is 0. The first-order valence-electron chi connectivity index (χ1n) is 6.63. The molecular formula is C14H18BrClN2. The van der Waals surface area contributed by atoms with E-state index in [0.29, 0.717) is 6.04 Å². The van der Waals surface area contributed by atoms with Crippen LogP contribution in [0.4, 0.5) is 0 Å². The molecule has 3 rings (SSSR count). The Labute approximate surface area is 122 Å². The van der Waals surface area contributed by atoms with E-state index in [1.54, 1.807) is 0 Å². The van der Waals surface area contributed by atoms with E-state index in [4.69, 9.17) is 11.6 Å². The van der Waals surface area contributed by atoms with Gasteiger partial charge in [-0.2, -0.15) is 0 Å². The van der Waals surface area contributed by atoms with Crippen molar-refractivity contribution in [1.82, 2.24) is 10.2 Å². The van der Waals surface area contributed by atoms with Crippen molar-refractivity contribution >= 4 is 27.5 Å². The summed E-state index contributed by atoms with van der Waals surface area (Å²) < 4.78 is 1.11. The van der Waals surface area contributed by atoms with Crippen LogP contribution in [0.3, 0.4) is 0 Å². The average Bonchev–Trinajstić information content (AvgIpc) is 2.67. The van der Waals surface area contributed by atoms with Gasteiger partial charge in [-0.05, 0) is 43.0 Å². The second-order valence-electron chi connectivity index (χ2n) is 5.40. The third-order valence-electron chi connectivity index (χ3n) is 4.01. The molecule has 1 aromatic rings. The van der Waals surface area contributed by atoms with Gasteiger partial charge in [0.1, 0.15) is 0 Å². The van der Waals surface area contributed by atoms with Gasteiger partial charge >= 0.3 is 0 Å². The molecule has 1 N–H and O–H groups in total. The lowest BCUT2D eigenvalue weighted by Gasteiger charge is -2.24. The number of nitrogens with one attached hydrogen (secondary N) is 1. The highest BCUT2D eigenvalue weighted by Crippen LogP contribution is 2.25. The van der Waals surface area contributed by atoms with E-state index < -0.39 is 0 Å². The molecule has 0 amide bonds. The van der Waals surface area contributed by atoms with Crippen LogP contribution in [0.5, 0.6) is 0 Å². The van der Waals surface area contributed by atoms with Gasteiger partial charge in [0.25, 0.3) is 0 Å². The Kier molecular flexibility index (Phi) is 3.94. The smallest absolute Gasteiger partial charge is 0.0451 e. The van der Waals surface area contributed by atoms with Crippen LogP contribution >= 0.6 is 27.5 Å². The number of fused-ring (bicyclic) bond motifs is 2. The number of rotatable bonds is 2. The second-order valence-corrected chi connectivity index (χ2v) is 6.72. The van der Waals surface area contributed by atoms with Gasteiger partial charge in [0.05, 0.1) is 0 Å². The Balaban J connectivity index is 1.70. The molecule has 2 atom stereocenters. The highest BCUT2D eigenvalue weighted by Gasteiger charge is 2.29. The maximum atomic E-state index is 6.27. The van der Waals surface area contributed by atoms with Crippen LogP contribution in [-0.4, -0.2) is 30.1 Å². The molecule has 2 heterocycles. The number of halogens is 2. The van der Waals surface area contributed by atoms with E-state index in [0.717, 1.165) is 28.6 Å². The van der Waals surface area contributed by atoms with Gasteiger partial charge in [-0.15, -0.1) is 0 Å². The summed E-state index contributed by atoms with van der Waals surface area (Å²) in [5, 5.41) is 4.59. The minimum Gasteiger partial charge on any atom is -0.310 e. The van der Waals surface area contributed by atoms with Crippen molar-refractivity contribution in [2.45, 2.75) is 37.9 Å². The molecule has 2 aliphatic heterocycles. The average molecular weight is 330 g/mol. The number of nitrogens with zero attached hydrogens (tertiary/aromatic N) is 1. The van der Waals surface area contributed by atoms with Gasteiger partial charge in [-0.3, -0.25) is 4.90 Å². The minimum atomic E-state index is 0.684. The van der Waals surface area contributed by atoms with Gasteiger partial charge < -0.3 is 5.32 Å². The zero-order chi connectivity index (χ0) is 12.5. The predicted molar refractivity (Wildman–Crippen MR) is 79.0 cm³/mol. The Morgan fingerprint density at radius 1 is 1.28 bits per heavy atom. The molecule has 0 spiro atoms. The van der Waals surface area contributed by atoms with Crippen molar-refractivity contribution in [3.8, 4) is 0 Å². The Morgan fingerprint density at radius 3 is 3.00 bits per heavy atom. The zero-order valence-corrected chi connectivity index (χ0v) is 12.7. The Bertz CT molecular complexity index is 438. The molecule has 0 aromatic heterocycles. The fourth-order valence-corrected chi connectivity index (χ4v) is 3.65. The first-order valence-corrected chi connectivity index (χ1v) is 7.80. The van der Waals surface area contributed by atoms with Crippen LogP contribution in [0.1, 0.15) is 24.8 Å². The van der Waals surface area contributed by atoms with E-state index >= 15 is 0 Å². The molecule has 1 aromatic carbocycles. The molecule has 2 bridgehead atoms. The zero-order valence-electron chi connectivity index (χ0n) is 10.3. The quantitative estimate of drug-likeness (QED) is 0.894. The number of likely N-dealkylation sites (tertiary alicyclic amines) is 1. The number of benzene rings is 1. The third kappa shape index (κ3) is 2.90. The predicted octanol–water partition coefficient (Wildman–Crippen LogP) is 3.43. The van der Waals surface area contributed by atoms with Crippen LogP contribution in [0.25, 0.3) is 0 Å². The normalized spacial score (nSPS) is 28.3. The van der Waals surface area contributed by atoms with E-state index in [1.165, 1.54) is 31.4 Å². The van der Waals surface area contributed by atoms with Gasteiger partial charge in [0, 0.05) is 41.2 Å². The lowest BCUT2D eigenvalue weighted by atomic mass is 10.1. The first kappa shape index (κ1) is 12.9. The van der Waals surface area contributed by atoms with E-state index in [1.807, 2.05) is 12.1 Å². The van der Waals surface area contributed by atoms with Crippen molar-refractivity contribution in [2.24, 2.45) is 0 Å². The molecule has 0 radical (unpaired) electrons. The summed E-state index contributed by atoms with van der Waals surface area (Å²) in [6.45, 7) is 3.29. The molecule has 18 heavy (non-hydrogen) atoms. The standard InChI is InChI=1S/C14H18BrClN2/c15-11-1-4-14(16)10(7-11)8-18-6-5-12-2-3-13(9-18)17-12/h1,4,7,12-13,17H,2-3,5-6,8-9H2. The van der Waals surface area contributed by atoms with Crippen molar-refractivity contribution in [1.29, 1.82) is 0 Å². The summed E-state index contributed by atoms with van der Waals surface area (Å²) in [4.78, 5) is 2.53. The maximum Gasteiger partial charge on any atom is 0.0451 e. The maximum absolute atomic E-state index is 6.27. The molecule has 2 unspecified atom stereocenters. The molecule has 98 valence electrons. The molecule has 0 saturated carbocycles. The second kappa shape index (κ2) is 5.49. The van der Waals surface area contributed by atoms with Crippen LogP contribution < -0.4 is 5.32 Å². The van der Waals surface area contributed by atoms with Crippen molar-refractivity contribution < 1.29 is 0 Å². The van der Waals surface area contributed by atoms with Gasteiger partial charge in [-0.1, -0.05) is 27.5 Å². The molecular weight excluding hydrogens is 312 g/mol. The fourth-order valence-electron chi connectivity index (χ4n) is 3.06. The molecule has 4 heteroatoms. The SMILES string of the molecule is Clc1ccc(Br)cc1CN1CCC2CCC(C1)N2. The summed E-state index contributed by atoms with van der Waals surface area (Å²) in [6.07, 6.45) is 3.95. The fraction of sp³-hybridized carbons (Fsp3) is 0.571. The highest BCUT2D eigenvalue weighted by molar-refractivity contribution is 9.10. The number of hydrogen-bond acceptors (Lipinski definition) is 2. The van der Waals surface area contributed by atoms with Crippen LogP contribution in [0, 0.1) is 0 Å². The summed E-state index contributed by atoms with van der Waals surface area (Å²) in [5.41, 5.74) is 1.23. The summed E-state index contributed by atoms with van der Waals surface area (Å²) in [6, 6.07) is 7.54. The van der Waals surface area contributed by atoms with Gasteiger partial charge in [0.15, 0.2) is 0 Å². The molecule has 2 fully saturated rings. The third-order valence-corrected chi connectivity index (χ3v) is 4.87. The Morgan fingerprint density at radius 2 is 2.11 bits per heavy atom. The van der Waals surface area contributed by atoms with Crippen molar-refractivity contribution in [3.63, 3.8) is 0 Å². The van der Waals surface area contributed by atoms with Crippen molar-refractivity contribution in [3.05, 3.63) is 33.3 Å². The molecule has 2 saturated heterocycles. The van der Waals surface area contributed by atoms with Gasteiger partial charge in [-0.25, -0.2) is 0 Å². The summed E-state index contributed by atoms with van der Waals surface area (Å²) in [5.74, 6) is 0. The molecule has 2 aliphatic rings. The minimum absolute atomic E-state index is 0.684. The van der Waals surface area contributed by atoms with Crippen LogP contribution in [-0.2, 0) is 6.54 Å². The lowest BCUT2D eigenvalue weighted by molar-refractivity contribution is 0.251. The Hall–Kier alpha value is -0.0900. The highest BCUT2D eigenvalue weighted by atomic mass is 79.9. The van der Waals surface area contributed by atoms with Crippen LogP contribution in [0.15, 0.2) is 22.7 Å². The van der Waals surface area contributed by atoms with Crippen LogP contribution in [0.2, 0.25) is 5.02 Å². The van der Waals surface area contributed by atoms with Gasteiger partial charge in [0.2, 0.25) is 0 Å². The summed E-state index contributed by atoms with van der Waals surface area (Å²) >= 11 is 9.79. The largest absolute Gasteiger partial charge is 0.310 e.